The summed E-state index contributed by atoms with van der Waals surface area (Å²) in [6.07, 6.45) is 6.30. The average Bonchev–Trinajstić information content (AvgIpc) is 2.82. The third-order valence-corrected chi connectivity index (χ3v) is 4.59. The van der Waals surface area contributed by atoms with Gasteiger partial charge in [-0.25, -0.2) is 4.98 Å². The molecule has 2 aromatic rings. The number of nitrogens with zero attached hydrogens (tertiary/aromatic N) is 2. The van der Waals surface area contributed by atoms with Crippen LogP contribution in [0.5, 0.6) is 0 Å². The number of aryl methyl sites for hydroxylation is 1. The van der Waals surface area contributed by atoms with Crippen molar-refractivity contribution in [2.45, 2.75) is 31.6 Å². The van der Waals surface area contributed by atoms with E-state index < -0.39 is 0 Å². The summed E-state index contributed by atoms with van der Waals surface area (Å²) in [7, 11) is 0. The van der Waals surface area contributed by atoms with Gasteiger partial charge in [-0.05, 0) is 31.4 Å². The number of aromatic nitrogens is 2. The number of hydrogen-bond acceptors (Lipinski definition) is 4. The fraction of sp³-hybridized carbons (Fsp3) is 0.429. The molecular weight excluding hydrogens is 242 g/mol. The zero-order valence-electron chi connectivity index (χ0n) is 10.3. The van der Waals surface area contributed by atoms with Gasteiger partial charge in [-0.15, -0.1) is 11.3 Å². The summed E-state index contributed by atoms with van der Waals surface area (Å²) < 4.78 is 0. The van der Waals surface area contributed by atoms with Gasteiger partial charge in [-0.1, -0.05) is 6.07 Å². The molecular formula is C14H17N3S. The highest BCUT2D eigenvalue weighted by molar-refractivity contribution is 7.11. The molecule has 0 saturated heterocycles. The second-order valence-electron chi connectivity index (χ2n) is 4.74. The molecule has 1 atom stereocenters. The lowest BCUT2D eigenvalue weighted by Crippen LogP contribution is -2.17. The standard InChI is InChI=1S/C14H17N3S/c15-9-10-4-3-6-12-14(10)17-13(18-12)8-11-5-1-2-7-16-11/h1-2,5,7,10H,3-4,6,8-9,15H2. The molecule has 0 spiro atoms. The predicted molar refractivity (Wildman–Crippen MR) is 73.9 cm³/mol. The summed E-state index contributed by atoms with van der Waals surface area (Å²) in [4.78, 5) is 10.6. The van der Waals surface area contributed by atoms with E-state index in [4.69, 9.17) is 10.7 Å². The Labute approximate surface area is 111 Å². The van der Waals surface area contributed by atoms with Crippen molar-refractivity contribution in [1.82, 2.24) is 9.97 Å². The molecule has 0 fully saturated rings. The molecule has 0 aliphatic heterocycles. The number of fused-ring (bicyclic) bond motifs is 1. The monoisotopic (exact) mass is 259 g/mol. The highest BCUT2D eigenvalue weighted by Gasteiger charge is 2.23. The third-order valence-electron chi connectivity index (χ3n) is 3.46. The molecule has 3 nitrogen and oxygen atoms in total. The fourth-order valence-electron chi connectivity index (χ4n) is 2.52. The minimum Gasteiger partial charge on any atom is -0.330 e. The van der Waals surface area contributed by atoms with Crippen molar-refractivity contribution in [3.8, 4) is 0 Å². The first-order valence-electron chi connectivity index (χ1n) is 6.45. The van der Waals surface area contributed by atoms with E-state index in [0.29, 0.717) is 5.92 Å². The summed E-state index contributed by atoms with van der Waals surface area (Å²) >= 11 is 1.84. The Bertz CT molecular complexity index is 521. The lowest BCUT2D eigenvalue weighted by Gasteiger charge is -2.18. The minimum atomic E-state index is 0.475. The second kappa shape index (κ2) is 5.16. The van der Waals surface area contributed by atoms with Gasteiger partial charge in [-0.3, -0.25) is 4.98 Å². The van der Waals surface area contributed by atoms with E-state index >= 15 is 0 Å². The van der Waals surface area contributed by atoms with Gasteiger partial charge in [0.2, 0.25) is 0 Å². The maximum absolute atomic E-state index is 5.83. The van der Waals surface area contributed by atoms with E-state index in [1.165, 1.54) is 34.8 Å². The van der Waals surface area contributed by atoms with Crippen molar-refractivity contribution in [2.24, 2.45) is 5.73 Å². The molecule has 4 heteroatoms. The van der Waals surface area contributed by atoms with Gasteiger partial charge < -0.3 is 5.73 Å². The first-order chi connectivity index (χ1) is 8.86. The van der Waals surface area contributed by atoms with Crippen LogP contribution in [0.25, 0.3) is 0 Å². The van der Waals surface area contributed by atoms with Crippen LogP contribution in [-0.4, -0.2) is 16.5 Å². The Hall–Kier alpha value is -1.26. The summed E-state index contributed by atoms with van der Waals surface area (Å²) in [6.45, 7) is 0.722. The van der Waals surface area contributed by atoms with Crippen molar-refractivity contribution >= 4 is 11.3 Å². The summed E-state index contributed by atoms with van der Waals surface area (Å²) in [6, 6.07) is 6.03. The van der Waals surface area contributed by atoms with Crippen LogP contribution in [0.4, 0.5) is 0 Å². The number of hydrogen-bond donors (Lipinski definition) is 1. The molecule has 1 aliphatic rings. The van der Waals surface area contributed by atoms with Gasteiger partial charge in [0, 0.05) is 35.7 Å². The molecule has 2 N–H and O–H groups in total. The Morgan fingerprint density at radius 3 is 3.11 bits per heavy atom. The SMILES string of the molecule is NCC1CCCc2sc(Cc3ccccn3)nc21. The normalized spacial score (nSPS) is 18.6. The van der Waals surface area contributed by atoms with Crippen LogP contribution in [0.1, 0.15) is 40.0 Å². The maximum atomic E-state index is 5.83. The van der Waals surface area contributed by atoms with Gasteiger partial charge in [0.1, 0.15) is 0 Å². The third kappa shape index (κ3) is 2.31. The number of pyridine rings is 1. The molecule has 2 aromatic heterocycles. The Kier molecular flexibility index (Phi) is 3.39. The number of rotatable bonds is 3. The molecule has 18 heavy (non-hydrogen) atoms. The van der Waals surface area contributed by atoms with Crippen molar-refractivity contribution in [3.63, 3.8) is 0 Å². The lowest BCUT2D eigenvalue weighted by molar-refractivity contribution is 0.553. The minimum absolute atomic E-state index is 0.475. The first kappa shape index (κ1) is 11.8. The molecule has 0 saturated carbocycles. The van der Waals surface area contributed by atoms with Crippen LogP contribution in [-0.2, 0) is 12.8 Å². The molecule has 0 amide bonds. The topological polar surface area (TPSA) is 51.8 Å². The van der Waals surface area contributed by atoms with E-state index in [2.05, 4.69) is 11.1 Å². The van der Waals surface area contributed by atoms with Gasteiger partial charge in [0.25, 0.3) is 0 Å². The molecule has 3 rings (SSSR count). The van der Waals surface area contributed by atoms with Crippen molar-refractivity contribution < 1.29 is 0 Å². The average molecular weight is 259 g/mol. The largest absolute Gasteiger partial charge is 0.330 e. The van der Waals surface area contributed by atoms with E-state index in [0.717, 1.165) is 18.7 Å². The van der Waals surface area contributed by atoms with Crippen molar-refractivity contribution in [3.05, 3.63) is 45.7 Å². The van der Waals surface area contributed by atoms with E-state index in [1.54, 1.807) is 0 Å². The van der Waals surface area contributed by atoms with E-state index in [9.17, 15) is 0 Å². The van der Waals surface area contributed by atoms with Crippen molar-refractivity contribution in [1.29, 1.82) is 0 Å². The van der Waals surface area contributed by atoms with Crippen LogP contribution < -0.4 is 5.73 Å². The molecule has 0 bridgehead atoms. The van der Waals surface area contributed by atoms with Crippen LogP contribution in [0.3, 0.4) is 0 Å². The van der Waals surface area contributed by atoms with E-state index in [1.807, 2.05) is 29.7 Å². The highest BCUT2D eigenvalue weighted by atomic mass is 32.1. The summed E-state index contributed by atoms with van der Waals surface area (Å²) in [5.41, 5.74) is 8.19. The van der Waals surface area contributed by atoms with Gasteiger partial charge >= 0.3 is 0 Å². The van der Waals surface area contributed by atoms with E-state index in [-0.39, 0.29) is 0 Å². The lowest BCUT2D eigenvalue weighted by atomic mass is 9.91. The van der Waals surface area contributed by atoms with Crippen LogP contribution >= 0.6 is 11.3 Å². The van der Waals surface area contributed by atoms with Crippen LogP contribution in [0.2, 0.25) is 0 Å². The molecule has 2 heterocycles. The Morgan fingerprint density at radius 1 is 1.39 bits per heavy atom. The maximum Gasteiger partial charge on any atom is 0.0990 e. The van der Waals surface area contributed by atoms with Gasteiger partial charge in [0.15, 0.2) is 0 Å². The first-order valence-corrected chi connectivity index (χ1v) is 7.27. The predicted octanol–water partition coefficient (Wildman–Crippen LogP) is 2.51. The molecule has 0 aromatic carbocycles. The van der Waals surface area contributed by atoms with Gasteiger partial charge in [0.05, 0.1) is 10.7 Å². The van der Waals surface area contributed by atoms with Crippen molar-refractivity contribution in [2.75, 3.05) is 6.54 Å². The Balaban J connectivity index is 1.84. The molecule has 94 valence electrons. The zero-order chi connectivity index (χ0) is 12.4. The van der Waals surface area contributed by atoms with Crippen LogP contribution in [0, 0.1) is 0 Å². The number of thiazole rings is 1. The molecule has 1 aliphatic carbocycles. The zero-order valence-corrected chi connectivity index (χ0v) is 11.1. The molecule has 0 radical (unpaired) electrons. The quantitative estimate of drug-likeness (QED) is 0.921. The van der Waals surface area contributed by atoms with Gasteiger partial charge in [-0.2, -0.15) is 0 Å². The van der Waals surface area contributed by atoms with Crippen LogP contribution in [0.15, 0.2) is 24.4 Å². The Morgan fingerprint density at radius 2 is 2.33 bits per heavy atom. The highest BCUT2D eigenvalue weighted by Crippen LogP contribution is 2.34. The number of nitrogens with two attached hydrogens (primary N) is 1. The summed E-state index contributed by atoms with van der Waals surface area (Å²) in [5.74, 6) is 0.475. The molecule has 1 unspecified atom stereocenters. The smallest absolute Gasteiger partial charge is 0.0990 e. The fourth-order valence-corrected chi connectivity index (χ4v) is 3.73. The summed E-state index contributed by atoms with van der Waals surface area (Å²) in [5, 5.41) is 1.18. The second-order valence-corrected chi connectivity index (χ2v) is 5.91.